The predicted molar refractivity (Wildman–Crippen MR) is 99.1 cm³/mol. The molecule has 2 aromatic rings. The number of likely N-dealkylation sites (tertiary alicyclic amines) is 1. The van der Waals surface area contributed by atoms with E-state index in [-0.39, 0.29) is 0 Å². The summed E-state index contributed by atoms with van der Waals surface area (Å²) >= 11 is 0. The molecule has 1 aliphatic heterocycles. The highest BCUT2D eigenvalue weighted by Crippen LogP contribution is 2.22. The Balaban J connectivity index is 1.51. The van der Waals surface area contributed by atoms with Crippen LogP contribution < -0.4 is 9.47 Å². The molecular formula is C20H29N3O2. The molecule has 1 saturated heterocycles. The van der Waals surface area contributed by atoms with E-state index in [1.807, 2.05) is 30.5 Å². The maximum Gasteiger partial charge on any atom is 0.119 e. The van der Waals surface area contributed by atoms with Crippen molar-refractivity contribution in [2.45, 2.75) is 39.8 Å². The lowest BCUT2D eigenvalue weighted by Crippen LogP contribution is -2.37. The number of benzene rings is 1. The van der Waals surface area contributed by atoms with Crippen LogP contribution >= 0.6 is 0 Å². The first-order valence-electron chi connectivity index (χ1n) is 9.20. The second kappa shape index (κ2) is 8.39. The van der Waals surface area contributed by atoms with Gasteiger partial charge in [-0.2, -0.15) is 5.10 Å². The van der Waals surface area contributed by atoms with Crippen LogP contribution in [0.5, 0.6) is 11.5 Å². The zero-order valence-electron chi connectivity index (χ0n) is 15.6. The van der Waals surface area contributed by atoms with Crippen LogP contribution in [0.15, 0.2) is 30.5 Å². The Morgan fingerprint density at radius 1 is 1.20 bits per heavy atom. The minimum Gasteiger partial charge on any atom is -0.497 e. The number of methoxy groups -OCH3 is 1. The molecule has 1 atom stereocenters. The number of aryl methyl sites for hydroxylation is 1. The van der Waals surface area contributed by atoms with Crippen molar-refractivity contribution in [3.05, 3.63) is 41.7 Å². The Bertz CT molecular complexity index is 666. The Hall–Kier alpha value is -2.01. The summed E-state index contributed by atoms with van der Waals surface area (Å²) in [5.41, 5.74) is 2.64. The van der Waals surface area contributed by atoms with Gasteiger partial charge in [0.25, 0.3) is 0 Å². The van der Waals surface area contributed by atoms with Gasteiger partial charge in [0.15, 0.2) is 0 Å². The molecule has 0 N–H and O–H groups in total. The highest BCUT2D eigenvalue weighted by Gasteiger charge is 2.21. The van der Waals surface area contributed by atoms with Gasteiger partial charge in [-0.3, -0.25) is 9.58 Å². The normalized spacial score (nSPS) is 18.3. The van der Waals surface area contributed by atoms with Crippen LogP contribution in [0.4, 0.5) is 0 Å². The summed E-state index contributed by atoms with van der Waals surface area (Å²) in [5.74, 6) is 2.36. The standard InChI is InChI=1S/C20H29N3O2/c1-4-23-16(2)18(12-21-23)14-22-11-5-6-17(13-22)15-25-20-9-7-19(24-3)8-10-20/h7-10,12,17H,4-6,11,13-15H2,1-3H3. The van der Waals surface area contributed by atoms with Crippen molar-refractivity contribution in [2.24, 2.45) is 5.92 Å². The van der Waals surface area contributed by atoms with E-state index in [1.165, 1.54) is 24.1 Å². The van der Waals surface area contributed by atoms with E-state index in [1.54, 1.807) is 7.11 Å². The van der Waals surface area contributed by atoms with Gasteiger partial charge in [-0.15, -0.1) is 0 Å². The van der Waals surface area contributed by atoms with Crippen molar-refractivity contribution in [3.63, 3.8) is 0 Å². The van der Waals surface area contributed by atoms with Crippen LogP contribution in [0.2, 0.25) is 0 Å². The summed E-state index contributed by atoms with van der Waals surface area (Å²) in [7, 11) is 1.68. The van der Waals surface area contributed by atoms with E-state index in [9.17, 15) is 0 Å². The molecule has 5 nitrogen and oxygen atoms in total. The number of aromatic nitrogens is 2. The Labute approximate surface area is 150 Å². The van der Waals surface area contributed by atoms with Crippen molar-refractivity contribution in [2.75, 3.05) is 26.8 Å². The third-order valence-corrected chi connectivity index (χ3v) is 5.05. The second-order valence-electron chi connectivity index (χ2n) is 6.80. The van der Waals surface area contributed by atoms with Gasteiger partial charge in [-0.1, -0.05) is 0 Å². The number of rotatable bonds is 7. The molecule has 1 aromatic carbocycles. The van der Waals surface area contributed by atoms with Crippen molar-refractivity contribution in [3.8, 4) is 11.5 Å². The van der Waals surface area contributed by atoms with Gasteiger partial charge in [-0.05, 0) is 57.5 Å². The van der Waals surface area contributed by atoms with Gasteiger partial charge in [0.2, 0.25) is 0 Å². The van der Waals surface area contributed by atoms with E-state index in [0.717, 1.165) is 44.3 Å². The molecule has 2 heterocycles. The highest BCUT2D eigenvalue weighted by atomic mass is 16.5. The summed E-state index contributed by atoms with van der Waals surface area (Å²) < 4.78 is 13.2. The molecule has 0 spiro atoms. The maximum absolute atomic E-state index is 5.99. The van der Waals surface area contributed by atoms with Crippen LogP contribution in [-0.2, 0) is 13.1 Å². The monoisotopic (exact) mass is 343 g/mol. The number of nitrogens with zero attached hydrogens (tertiary/aromatic N) is 3. The fourth-order valence-corrected chi connectivity index (χ4v) is 3.52. The minimum absolute atomic E-state index is 0.581. The molecule has 1 unspecified atom stereocenters. The fourth-order valence-electron chi connectivity index (χ4n) is 3.52. The van der Waals surface area contributed by atoms with Gasteiger partial charge < -0.3 is 9.47 Å². The van der Waals surface area contributed by atoms with Gasteiger partial charge in [0.1, 0.15) is 11.5 Å². The second-order valence-corrected chi connectivity index (χ2v) is 6.80. The fraction of sp³-hybridized carbons (Fsp3) is 0.550. The average molecular weight is 343 g/mol. The number of ether oxygens (including phenoxy) is 2. The van der Waals surface area contributed by atoms with Crippen LogP contribution in [0.25, 0.3) is 0 Å². The molecule has 1 aromatic heterocycles. The van der Waals surface area contributed by atoms with Crippen LogP contribution in [0.3, 0.4) is 0 Å². The van der Waals surface area contributed by atoms with Gasteiger partial charge >= 0.3 is 0 Å². The molecule has 0 aliphatic carbocycles. The molecule has 3 rings (SSSR count). The molecule has 25 heavy (non-hydrogen) atoms. The van der Waals surface area contributed by atoms with Crippen LogP contribution in [-0.4, -0.2) is 41.5 Å². The summed E-state index contributed by atoms with van der Waals surface area (Å²) in [5, 5.41) is 4.46. The van der Waals surface area contributed by atoms with Crippen molar-refractivity contribution in [1.82, 2.24) is 14.7 Å². The average Bonchev–Trinajstić information content (AvgIpc) is 3.00. The molecule has 0 radical (unpaired) electrons. The summed E-state index contributed by atoms with van der Waals surface area (Å²) in [6, 6.07) is 7.83. The molecule has 5 heteroatoms. The topological polar surface area (TPSA) is 39.5 Å². The SMILES string of the molecule is CCn1ncc(CN2CCCC(COc3ccc(OC)cc3)C2)c1C. The molecule has 0 saturated carbocycles. The smallest absolute Gasteiger partial charge is 0.119 e. The van der Waals surface area contributed by atoms with Crippen molar-refractivity contribution in [1.29, 1.82) is 0 Å². The van der Waals surface area contributed by atoms with Crippen LogP contribution in [0.1, 0.15) is 31.0 Å². The van der Waals surface area contributed by atoms with E-state index in [2.05, 4.69) is 28.5 Å². The first-order chi connectivity index (χ1) is 12.2. The molecule has 1 fully saturated rings. The van der Waals surface area contributed by atoms with E-state index in [0.29, 0.717) is 5.92 Å². The first kappa shape index (κ1) is 17.8. The van der Waals surface area contributed by atoms with Crippen molar-refractivity contribution >= 4 is 0 Å². The Morgan fingerprint density at radius 2 is 1.96 bits per heavy atom. The Morgan fingerprint density at radius 3 is 2.64 bits per heavy atom. The number of hydrogen-bond acceptors (Lipinski definition) is 4. The number of piperidine rings is 1. The summed E-state index contributed by atoms with van der Waals surface area (Å²) in [6.45, 7) is 9.25. The van der Waals surface area contributed by atoms with Gasteiger partial charge in [-0.25, -0.2) is 0 Å². The lowest BCUT2D eigenvalue weighted by molar-refractivity contribution is 0.125. The zero-order chi connectivity index (χ0) is 17.6. The van der Waals surface area contributed by atoms with E-state index in [4.69, 9.17) is 9.47 Å². The lowest BCUT2D eigenvalue weighted by atomic mass is 9.98. The maximum atomic E-state index is 5.99. The van der Waals surface area contributed by atoms with Crippen molar-refractivity contribution < 1.29 is 9.47 Å². The summed E-state index contributed by atoms with van der Waals surface area (Å²) in [4.78, 5) is 2.54. The largest absolute Gasteiger partial charge is 0.497 e. The zero-order valence-corrected chi connectivity index (χ0v) is 15.6. The number of hydrogen-bond donors (Lipinski definition) is 0. The summed E-state index contributed by atoms with van der Waals surface area (Å²) in [6.07, 6.45) is 4.49. The molecule has 0 bridgehead atoms. The molecule has 1 aliphatic rings. The third-order valence-electron chi connectivity index (χ3n) is 5.05. The van der Waals surface area contributed by atoms with Gasteiger partial charge in [0.05, 0.1) is 19.9 Å². The van der Waals surface area contributed by atoms with Crippen LogP contribution in [0, 0.1) is 12.8 Å². The van der Waals surface area contributed by atoms with E-state index >= 15 is 0 Å². The third kappa shape index (κ3) is 4.54. The Kier molecular flexibility index (Phi) is 5.97. The lowest BCUT2D eigenvalue weighted by Gasteiger charge is -2.32. The molecule has 136 valence electrons. The highest BCUT2D eigenvalue weighted by molar-refractivity contribution is 5.31. The quantitative estimate of drug-likeness (QED) is 0.771. The molecular weight excluding hydrogens is 314 g/mol. The van der Waals surface area contributed by atoms with E-state index < -0.39 is 0 Å². The first-order valence-corrected chi connectivity index (χ1v) is 9.20. The minimum atomic E-state index is 0.581. The molecule has 0 amide bonds. The predicted octanol–water partition coefficient (Wildman–Crippen LogP) is 3.51. The van der Waals surface area contributed by atoms with Gasteiger partial charge in [0, 0.05) is 36.8 Å².